The standard InChI is InChI=1S/C12H16ClFN2O2S/c13-10-5-9(7-15)12(14)11(6-10)19(17,18)16-4-3-8-1-2-8/h5-6,8,16H,1-4,7,15H2. The molecule has 19 heavy (non-hydrogen) atoms. The van der Waals surface area contributed by atoms with Gasteiger partial charge in [0.2, 0.25) is 10.0 Å². The van der Waals surface area contributed by atoms with Gasteiger partial charge < -0.3 is 5.73 Å². The maximum atomic E-state index is 14.0. The second-order valence-electron chi connectivity index (χ2n) is 4.71. The predicted octanol–water partition coefficient (Wildman–Crippen LogP) is 2.02. The normalized spacial score (nSPS) is 15.7. The van der Waals surface area contributed by atoms with E-state index >= 15 is 0 Å². The molecule has 0 atom stereocenters. The minimum atomic E-state index is -3.88. The lowest BCUT2D eigenvalue weighted by atomic mass is 10.2. The van der Waals surface area contributed by atoms with E-state index in [0.29, 0.717) is 12.5 Å². The monoisotopic (exact) mass is 306 g/mol. The Labute approximate surface area is 117 Å². The minimum absolute atomic E-state index is 0.0927. The maximum Gasteiger partial charge on any atom is 0.243 e. The third-order valence-corrected chi connectivity index (χ3v) is 4.81. The van der Waals surface area contributed by atoms with Gasteiger partial charge in [0.1, 0.15) is 10.7 Å². The molecule has 4 nitrogen and oxygen atoms in total. The van der Waals surface area contributed by atoms with E-state index in [1.807, 2.05) is 0 Å². The lowest BCUT2D eigenvalue weighted by Crippen LogP contribution is -2.26. The molecule has 1 aliphatic rings. The van der Waals surface area contributed by atoms with Gasteiger partial charge in [-0.1, -0.05) is 24.4 Å². The van der Waals surface area contributed by atoms with Crippen LogP contribution in [0.5, 0.6) is 0 Å². The molecule has 1 aliphatic carbocycles. The van der Waals surface area contributed by atoms with E-state index in [1.165, 1.54) is 6.07 Å². The molecule has 3 N–H and O–H groups in total. The first-order valence-corrected chi connectivity index (χ1v) is 7.98. The van der Waals surface area contributed by atoms with Gasteiger partial charge in [0.25, 0.3) is 0 Å². The quantitative estimate of drug-likeness (QED) is 0.844. The van der Waals surface area contributed by atoms with Crippen molar-refractivity contribution in [2.45, 2.75) is 30.7 Å². The molecule has 0 bridgehead atoms. The molecule has 2 rings (SSSR count). The summed E-state index contributed by atoms with van der Waals surface area (Å²) in [4.78, 5) is -0.434. The lowest BCUT2D eigenvalue weighted by Gasteiger charge is -2.10. The SMILES string of the molecule is NCc1cc(Cl)cc(S(=O)(=O)NCCC2CC2)c1F. The Morgan fingerprint density at radius 2 is 2.11 bits per heavy atom. The highest BCUT2D eigenvalue weighted by molar-refractivity contribution is 7.89. The maximum absolute atomic E-state index is 14.0. The molecule has 0 amide bonds. The van der Waals surface area contributed by atoms with Crippen LogP contribution in [0, 0.1) is 11.7 Å². The summed E-state index contributed by atoms with van der Waals surface area (Å²) in [7, 11) is -3.88. The fourth-order valence-corrected chi connectivity index (χ4v) is 3.34. The third-order valence-electron chi connectivity index (χ3n) is 3.13. The number of hydrogen-bond donors (Lipinski definition) is 2. The van der Waals surface area contributed by atoms with Crippen LogP contribution in [-0.4, -0.2) is 15.0 Å². The number of sulfonamides is 1. The molecule has 7 heteroatoms. The molecule has 0 radical (unpaired) electrons. The summed E-state index contributed by atoms with van der Waals surface area (Å²) < 4.78 is 40.4. The van der Waals surface area contributed by atoms with E-state index in [1.54, 1.807) is 0 Å². The molecule has 0 aliphatic heterocycles. The Morgan fingerprint density at radius 3 is 2.68 bits per heavy atom. The van der Waals surface area contributed by atoms with Crippen molar-refractivity contribution in [3.05, 3.63) is 28.5 Å². The zero-order valence-corrected chi connectivity index (χ0v) is 11.9. The van der Waals surface area contributed by atoms with E-state index in [2.05, 4.69) is 4.72 Å². The van der Waals surface area contributed by atoms with Crippen LogP contribution in [0.15, 0.2) is 17.0 Å². The number of nitrogens with two attached hydrogens (primary N) is 1. The highest BCUT2D eigenvalue weighted by Gasteiger charge is 2.24. The van der Waals surface area contributed by atoms with Crippen LogP contribution in [0.1, 0.15) is 24.8 Å². The first kappa shape index (κ1) is 14.7. The summed E-state index contributed by atoms with van der Waals surface area (Å²) >= 11 is 5.79. The van der Waals surface area contributed by atoms with Crippen molar-refractivity contribution in [3.63, 3.8) is 0 Å². The summed E-state index contributed by atoms with van der Waals surface area (Å²) in [6.45, 7) is 0.216. The van der Waals surface area contributed by atoms with Gasteiger partial charge in [-0.05, 0) is 24.5 Å². The first-order chi connectivity index (χ1) is 8.94. The van der Waals surface area contributed by atoms with Crippen molar-refractivity contribution in [2.24, 2.45) is 11.7 Å². The molecule has 1 fully saturated rings. The number of benzene rings is 1. The van der Waals surface area contributed by atoms with Gasteiger partial charge in [-0.15, -0.1) is 0 Å². The zero-order valence-electron chi connectivity index (χ0n) is 10.3. The summed E-state index contributed by atoms with van der Waals surface area (Å²) in [5, 5.41) is 0.157. The Balaban J connectivity index is 2.20. The van der Waals surface area contributed by atoms with Gasteiger partial charge in [0, 0.05) is 23.7 Å². The van der Waals surface area contributed by atoms with Crippen LogP contribution in [0.3, 0.4) is 0 Å². The van der Waals surface area contributed by atoms with Crippen molar-refractivity contribution in [1.29, 1.82) is 0 Å². The molecule has 0 saturated heterocycles. The van der Waals surface area contributed by atoms with Crippen LogP contribution in [0.4, 0.5) is 4.39 Å². The first-order valence-electron chi connectivity index (χ1n) is 6.11. The highest BCUT2D eigenvalue weighted by Crippen LogP contribution is 2.32. The molecule has 106 valence electrons. The molecule has 0 heterocycles. The minimum Gasteiger partial charge on any atom is -0.326 e. The summed E-state index contributed by atoms with van der Waals surface area (Å²) in [6.07, 6.45) is 3.07. The van der Waals surface area contributed by atoms with Crippen molar-refractivity contribution in [1.82, 2.24) is 4.72 Å². The van der Waals surface area contributed by atoms with Gasteiger partial charge in [0.05, 0.1) is 0 Å². The second-order valence-corrected chi connectivity index (χ2v) is 6.88. The second kappa shape index (κ2) is 5.75. The van der Waals surface area contributed by atoms with E-state index in [9.17, 15) is 12.8 Å². The van der Waals surface area contributed by atoms with Crippen LogP contribution >= 0.6 is 11.6 Å². The van der Waals surface area contributed by atoms with E-state index in [-0.39, 0.29) is 17.1 Å². The van der Waals surface area contributed by atoms with Crippen molar-refractivity contribution in [2.75, 3.05) is 6.54 Å². The molecule has 0 aromatic heterocycles. The molecule has 0 unspecified atom stereocenters. The van der Waals surface area contributed by atoms with Gasteiger partial charge in [-0.25, -0.2) is 17.5 Å². The van der Waals surface area contributed by atoms with Gasteiger partial charge in [0.15, 0.2) is 0 Å². The Morgan fingerprint density at radius 1 is 1.42 bits per heavy atom. The highest BCUT2D eigenvalue weighted by atomic mass is 35.5. The van der Waals surface area contributed by atoms with Crippen LogP contribution in [-0.2, 0) is 16.6 Å². The molecular formula is C12H16ClFN2O2S. The molecular weight excluding hydrogens is 291 g/mol. The van der Waals surface area contributed by atoms with Gasteiger partial charge in [-0.2, -0.15) is 0 Å². The summed E-state index contributed by atoms with van der Waals surface area (Å²) in [6, 6.07) is 2.44. The Hall–Kier alpha value is -0.690. The molecule has 0 spiro atoms. The van der Waals surface area contributed by atoms with Crippen molar-refractivity contribution >= 4 is 21.6 Å². The van der Waals surface area contributed by atoms with Crippen molar-refractivity contribution in [3.8, 4) is 0 Å². The number of nitrogens with one attached hydrogen (secondary N) is 1. The van der Waals surface area contributed by atoms with Gasteiger partial charge >= 0.3 is 0 Å². The largest absolute Gasteiger partial charge is 0.326 e. The topological polar surface area (TPSA) is 72.2 Å². The van der Waals surface area contributed by atoms with E-state index in [4.69, 9.17) is 17.3 Å². The number of halogens is 2. The lowest BCUT2D eigenvalue weighted by molar-refractivity contribution is 0.547. The molecule has 1 saturated carbocycles. The van der Waals surface area contributed by atoms with Crippen LogP contribution in [0.2, 0.25) is 5.02 Å². The fraction of sp³-hybridized carbons (Fsp3) is 0.500. The summed E-state index contributed by atoms with van der Waals surface area (Å²) in [5.41, 5.74) is 5.46. The van der Waals surface area contributed by atoms with Crippen LogP contribution in [0.25, 0.3) is 0 Å². The van der Waals surface area contributed by atoms with E-state index < -0.39 is 20.7 Å². The Kier molecular flexibility index (Phi) is 4.45. The molecule has 1 aromatic carbocycles. The zero-order chi connectivity index (χ0) is 14.0. The van der Waals surface area contributed by atoms with Gasteiger partial charge in [-0.3, -0.25) is 0 Å². The smallest absolute Gasteiger partial charge is 0.243 e. The average molecular weight is 307 g/mol. The predicted molar refractivity (Wildman–Crippen MR) is 71.8 cm³/mol. The number of rotatable bonds is 6. The van der Waals surface area contributed by atoms with Crippen LogP contribution < -0.4 is 10.5 Å². The Bertz CT molecular complexity index is 573. The number of hydrogen-bond acceptors (Lipinski definition) is 3. The molecule has 1 aromatic rings. The fourth-order valence-electron chi connectivity index (χ4n) is 1.84. The average Bonchev–Trinajstić information content (AvgIpc) is 3.15. The van der Waals surface area contributed by atoms with Crippen molar-refractivity contribution < 1.29 is 12.8 Å². The van der Waals surface area contributed by atoms with E-state index in [0.717, 1.165) is 25.3 Å². The summed E-state index contributed by atoms with van der Waals surface area (Å²) in [5.74, 6) is -0.225. The third kappa shape index (κ3) is 3.66.